The summed E-state index contributed by atoms with van der Waals surface area (Å²) in [5.74, 6) is -0.863. The van der Waals surface area contributed by atoms with Crippen LogP contribution < -0.4 is 4.90 Å². The first-order valence-corrected chi connectivity index (χ1v) is 10.9. The second kappa shape index (κ2) is 8.69. The highest BCUT2D eigenvalue weighted by Gasteiger charge is 2.23. The molecule has 0 saturated heterocycles. The van der Waals surface area contributed by atoms with Crippen molar-refractivity contribution in [3.8, 4) is 10.4 Å². The van der Waals surface area contributed by atoms with Crippen LogP contribution in [0.25, 0.3) is 21.5 Å². The second-order valence-electron chi connectivity index (χ2n) is 7.22. The minimum atomic E-state index is -0.463. The van der Waals surface area contributed by atoms with Crippen molar-refractivity contribution >= 4 is 34.0 Å². The summed E-state index contributed by atoms with van der Waals surface area (Å²) in [6.07, 6.45) is 1.45. The predicted molar refractivity (Wildman–Crippen MR) is 126 cm³/mol. The number of benzene rings is 3. The van der Waals surface area contributed by atoms with Gasteiger partial charge in [-0.3, -0.25) is 14.7 Å². The SMILES string of the molecule is O=C(c1cnc2ccccc2n1)N(Cc1ccc(-c2ccccc2)s1)c1ccccc1F. The highest BCUT2D eigenvalue weighted by Crippen LogP contribution is 2.31. The topological polar surface area (TPSA) is 46.1 Å². The lowest BCUT2D eigenvalue weighted by atomic mass is 10.2. The first-order chi connectivity index (χ1) is 15.7. The monoisotopic (exact) mass is 439 g/mol. The number of carbonyl (C=O) groups excluding carboxylic acids is 1. The van der Waals surface area contributed by atoms with E-state index in [9.17, 15) is 9.18 Å². The van der Waals surface area contributed by atoms with Gasteiger partial charge >= 0.3 is 0 Å². The van der Waals surface area contributed by atoms with Gasteiger partial charge in [-0.15, -0.1) is 11.3 Å². The third-order valence-electron chi connectivity index (χ3n) is 5.09. The Labute approximate surface area is 188 Å². The van der Waals surface area contributed by atoms with E-state index in [0.717, 1.165) is 15.3 Å². The van der Waals surface area contributed by atoms with Gasteiger partial charge in [0.15, 0.2) is 0 Å². The maximum atomic E-state index is 14.7. The number of carbonyl (C=O) groups is 1. The van der Waals surface area contributed by atoms with E-state index in [0.29, 0.717) is 11.0 Å². The summed E-state index contributed by atoms with van der Waals surface area (Å²) in [5, 5.41) is 0. The predicted octanol–water partition coefficient (Wildman–Crippen LogP) is 6.34. The van der Waals surface area contributed by atoms with Gasteiger partial charge in [0.05, 0.1) is 29.5 Å². The average molecular weight is 440 g/mol. The number of amides is 1. The molecule has 4 nitrogen and oxygen atoms in total. The van der Waals surface area contributed by atoms with Gasteiger partial charge in [-0.25, -0.2) is 9.37 Å². The summed E-state index contributed by atoms with van der Waals surface area (Å²) in [5.41, 5.74) is 2.81. The molecule has 0 aliphatic carbocycles. The molecule has 0 spiro atoms. The number of aromatic nitrogens is 2. The van der Waals surface area contributed by atoms with Crippen molar-refractivity contribution < 1.29 is 9.18 Å². The van der Waals surface area contributed by atoms with Crippen LogP contribution >= 0.6 is 11.3 Å². The molecule has 156 valence electrons. The van der Waals surface area contributed by atoms with Crippen molar-refractivity contribution in [1.82, 2.24) is 9.97 Å². The van der Waals surface area contributed by atoms with Gasteiger partial charge in [-0.05, 0) is 42.0 Å². The van der Waals surface area contributed by atoms with Gasteiger partial charge in [0.25, 0.3) is 5.91 Å². The molecule has 6 heteroatoms. The Balaban J connectivity index is 1.52. The molecule has 0 fully saturated rings. The van der Waals surface area contributed by atoms with Gasteiger partial charge in [-0.2, -0.15) is 0 Å². The molecule has 32 heavy (non-hydrogen) atoms. The zero-order chi connectivity index (χ0) is 21.9. The molecule has 1 amide bonds. The van der Waals surface area contributed by atoms with Gasteiger partial charge < -0.3 is 0 Å². The minimum absolute atomic E-state index is 0.173. The number of rotatable bonds is 5. The molecule has 0 saturated carbocycles. The van der Waals surface area contributed by atoms with E-state index in [1.807, 2.05) is 60.7 Å². The Kier molecular flexibility index (Phi) is 5.44. The van der Waals surface area contributed by atoms with Crippen LogP contribution in [0.4, 0.5) is 10.1 Å². The van der Waals surface area contributed by atoms with Crippen molar-refractivity contribution in [2.75, 3.05) is 4.90 Å². The molecule has 5 rings (SSSR count). The van der Waals surface area contributed by atoms with Crippen molar-refractivity contribution in [2.45, 2.75) is 6.54 Å². The Morgan fingerprint density at radius 1 is 0.844 bits per heavy atom. The highest BCUT2D eigenvalue weighted by molar-refractivity contribution is 7.15. The van der Waals surface area contributed by atoms with E-state index in [1.165, 1.54) is 17.2 Å². The van der Waals surface area contributed by atoms with Crippen LogP contribution in [0.1, 0.15) is 15.4 Å². The zero-order valence-corrected chi connectivity index (χ0v) is 17.8. The molecular formula is C26H18FN3OS. The lowest BCUT2D eigenvalue weighted by molar-refractivity contribution is 0.0979. The van der Waals surface area contributed by atoms with Crippen molar-refractivity contribution in [3.63, 3.8) is 0 Å². The highest BCUT2D eigenvalue weighted by atomic mass is 32.1. The average Bonchev–Trinajstić information content (AvgIpc) is 3.32. The quantitative estimate of drug-likeness (QED) is 0.321. The molecule has 2 heterocycles. The maximum absolute atomic E-state index is 14.7. The molecule has 0 atom stereocenters. The summed E-state index contributed by atoms with van der Waals surface area (Å²) in [7, 11) is 0. The summed E-state index contributed by atoms with van der Waals surface area (Å²) in [6, 6.07) is 27.7. The van der Waals surface area contributed by atoms with Gasteiger partial charge in [0.2, 0.25) is 0 Å². The standard InChI is InChI=1S/C26H18FN3OS/c27-20-10-4-7-13-24(20)30(17-19-14-15-25(32-19)18-8-2-1-3-9-18)26(31)23-16-28-21-11-5-6-12-22(21)29-23/h1-16H,17H2. The van der Waals surface area contributed by atoms with Crippen molar-refractivity contribution in [2.24, 2.45) is 0 Å². The molecule has 0 aliphatic heterocycles. The number of nitrogens with zero attached hydrogens (tertiary/aromatic N) is 3. The molecule has 0 bridgehead atoms. The lowest BCUT2D eigenvalue weighted by Crippen LogP contribution is -2.31. The van der Waals surface area contributed by atoms with Gasteiger partial charge in [0.1, 0.15) is 11.5 Å². The largest absolute Gasteiger partial charge is 0.299 e. The van der Waals surface area contributed by atoms with E-state index < -0.39 is 11.7 Å². The van der Waals surface area contributed by atoms with E-state index >= 15 is 0 Å². The van der Waals surface area contributed by atoms with Crippen LogP contribution in [-0.2, 0) is 6.54 Å². The number of hydrogen-bond donors (Lipinski definition) is 0. The van der Waals surface area contributed by atoms with E-state index in [2.05, 4.69) is 9.97 Å². The Morgan fingerprint density at radius 3 is 2.38 bits per heavy atom. The zero-order valence-electron chi connectivity index (χ0n) is 17.0. The van der Waals surface area contributed by atoms with Crippen LogP contribution in [0.5, 0.6) is 0 Å². The smallest absolute Gasteiger partial charge is 0.278 e. The first kappa shape index (κ1) is 20.0. The number of hydrogen-bond acceptors (Lipinski definition) is 4. The number of para-hydroxylation sites is 3. The molecule has 5 aromatic rings. The summed E-state index contributed by atoms with van der Waals surface area (Å²) >= 11 is 1.58. The lowest BCUT2D eigenvalue weighted by Gasteiger charge is -2.22. The Hall–Kier alpha value is -3.90. The molecule has 0 radical (unpaired) electrons. The second-order valence-corrected chi connectivity index (χ2v) is 8.39. The fourth-order valence-corrected chi connectivity index (χ4v) is 4.51. The first-order valence-electron chi connectivity index (χ1n) is 10.1. The fraction of sp³-hybridized carbons (Fsp3) is 0.0385. The van der Waals surface area contributed by atoms with E-state index in [1.54, 1.807) is 35.6 Å². The summed E-state index contributed by atoms with van der Waals surface area (Å²) in [4.78, 5) is 25.8. The van der Waals surface area contributed by atoms with Crippen LogP contribution in [0, 0.1) is 5.82 Å². The third-order valence-corrected chi connectivity index (χ3v) is 6.21. The van der Waals surface area contributed by atoms with E-state index in [-0.39, 0.29) is 17.9 Å². The van der Waals surface area contributed by atoms with Gasteiger partial charge in [-0.1, -0.05) is 54.6 Å². The number of halogens is 1. The normalized spacial score (nSPS) is 10.9. The molecule has 0 unspecified atom stereocenters. The van der Waals surface area contributed by atoms with Crippen LogP contribution in [0.2, 0.25) is 0 Å². The van der Waals surface area contributed by atoms with Crippen LogP contribution in [-0.4, -0.2) is 15.9 Å². The molecule has 0 aliphatic rings. The van der Waals surface area contributed by atoms with Gasteiger partial charge in [0, 0.05) is 9.75 Å². The van der Waals surface area contributed by atoms with Crippen molar-refractivity contribution in [1.29, 1.82) is 0 Å². The Bertz CT molecular complexity index is 1400. The number of thiophene rings is 1. The number of fused-ring (bicyclic) bond motifs is 1. The summed E-state index contributed by atoms with van der Waals surface area (Å²) < 4.78 is 14.7. The van der Waals surface area contributed by atoms with Crippen molar-refractivity contribution in [3.05, 3.63) is 114 Å². The minimum Gasteiger partial charge on any atom is -0.299 e. The maximum Gasteiger partial charge on any atom is 0.278 e. The Morgan fingerprint density at radius 2 is 1.56 bits per heavy atom. The molecule has 3 aromatic carbocycles. The fourth-order valence-electron chi connectivity index (χ4n) is 3.51. The third kappa shape index (κ3) is 4.00. The van der Waals surface area contributed by atoms with E-state index in [4.69, 9.17) is 0 Å². The van der Waals surface area contributed by atoms with Crippen LogP contribution in [0.15, 0.2) is 97.2 Å². The molecule has 2 aromatic heterocycles. The molecule has 0 N–H and O–H groups in total. The van der Waals surface area contributed by atoms with Crippen LogP contribution in [0.3, 0.4) is 0 Å². The number of anilines is 1. The molecular weight excluding hydrogens is 421 g/mol. The summed E-state index contributed by atoms with van der Waals surface area (Å²) in [6.45, 7) is 0.228.